The van der Waals surface area contributed by atoms with Crippen molar-refractivity contribution >= 4 is 17.5 Å². The SMILES string of the molecule is CCCCOc1ccc(C(=O)N(CCCl)C2CC2)cc1. The first-order valence-electron chi connectivity index (χ1n) is 7.36. The minimum absolute atomic E-state index is 0.0771. The lowest BCUT2D eigenvalue weighted by Gasteiger charge is -2.21. The van der Waals surface area contributed by atoms with Crippen LogP contribution in [0.15, 0.2) is 24.3 Å². The summed E-state index contributed by atoms with van der Waals surface area (Å²) in [5, 5.41) is 0. The molecule has 2 rings (SSSR count). The molecule has 0 saturated heterocycles. The molecule has 1 aromatic rings. The van der Waals surface area contributed by atoms with E-state index in [2.05, 4.69) is 6.92 Å². The van der Waals surface area contributed by atoms with Gasteiger partial charge in [-0.05, 0) is 43.5 Å². The first kappa shape index (κ1) is 15.2. The van der Waals surface area contributed by atoms with Crippen LogP contribution in [0.5, 0.6) is 5.75 Å². The van der Waals surface area contributed by atoms with Gasteiger partial charge in [-0.2, -0.15) is 0 Å². The van der Waals surface area contributed by atoms with E-state index < -0.39 is 0 Å². The molecule has 0 heterocycles. The first-order chi connectivity index (χ1) is 9.76. The molecule has 1 aliphatic rings. The molecule has 1 aromatic carbocycles. The molecule has 20 heavy (non-hydrogen) atoms. The second kappa shape index (κ2) is 7.53. The lowest BCUT2D eigenvalue weighted by molar-refractivity contribution is 0.0753. The molecule has 0 spiro atoms. The highest BCUT2D eigenvalue weighted by Gasteiger charge is 2.32. The molecule has 3 nitrogen and oxygen atoms in total. The predicted molar refractivity (Wildman–Crippen MR) is 81.6 cm³/mol. The van der Waals surface area contributed by atoms with Crippen LogP contribution in [0.1, 0.15) is 43.0 Å². The van der Waals surface area contributed by atoms with Crippen molar-refractivity contribution < 1.29 is 9.53 Å². The number of amides is 1. The number of carbonyl (C=O) groups is 1. The Morgan fingerprint density at radius 1 is 1.35 bits per heavy atom. The third-order valence-corrected chi connectivity index (χ3v) is 3.61. The van der Waals surface area contributed by atoms with E-state index in [0.29, 0.717) is 24.0 Å². The van der Waals surface area contributed by atoms with Crippen molar-refractivity contribution in [1.82, 2.24) is 4.90 Å². The fourth-order valence-electron chi connectivity index (χ4n) is 2.12. The maximum Gasteiger partial charge on any atom is 0.254 e. The summed E-state index contributed by atoms with van der Waals surface area (Å²) in [6.07, 6.45) is 4.36. The van der Waals surface area contributed by atoms with E-state index >= 15 is 0 Å². The van der Waals surface area contributed by atoms with E-state index in [9.17, 15) is 4.79 Å². The van der Waals surface area contributed by atoms with Gasteiger partial charge in [0.1, 0.15) is 5.75 Å². The van der Waals surface area contributed by atoms with Crippen molar-refractivity contribution in [2.45, 2.75) is 38.6 Å². The summed E-state index contributed by atoms with van der Waals surface area (Å²) in [5.74, 6) is 1.39. The summed E-state index contributed by atoms with van der Waals surface area (Å²) in [5.41, 5.74) is 0.713. The molecule has 0 atom stereocenters. The topological polar surface area (TPSA) is 29.5 Å². The lowest BCUT2D eigenvalue weighted by atomic mass is 10.2. The Balaban J connectivity index is 1.95. The fourth-order valence-corrected chi connectivity index (χ4v) is 2.30. The average molecular weight is 296 g/mol. The zero-order valence-electron chi connectivity index (χ0n) is 12.0. The molecule has 0 radical (unpaired) electrons. The molecule has 4 heteroatoms. The van der Waals surface area contributed by atoms with Gasteiger partial charge in [-0.15, -0.1) is 11.6 Å². The Bertz CT molecular complexity index is 429. The highest BCUT2D eigenvalue weighted by Crippen LogP contribution is 2.28. The molecular weight excluding hydrogens is 274 g/mol. The number of unbranched alkanes of at least 4 members (excludes halogenated alkanes) is 1. The Morgan fingerprint density at radius 3 is 2.60 bits per heavy atom. The monoisotopic (exact) mass is 295 g/mol. The molecule has 1 saturated carbocycles. The zero-order valence-corrected chi connectivity index (χ0v) is 12.7. The summed E-state index contributed by atoms with van der Waals surface area (Å²) in [6, 6.07) is 7.81. The summed E-state index contributed by atoms with van der Waals surface area (Å²) >= 11 is 5.78. The number of ether oxygens (including phenoxy) is 1. The molecule has 1 amide bonds. The molecule has 0 bridgehead atoms. The number of alkyl halides is 1. The highest BCUT2D eigenvalue weighted by molar-refractivity contribution is 6.18. The molecule has 1 aliphatic carbocycles. The van der Waals surface area contributed by atoms with E-state index in [4.69, 9.17) is 16.3 Å². The minimum atomic E-state index is 0.0771. The van der Waals surface area contributed by atoms with Crippen LogP contribution in [0.4, 0.5) is 0 Å². The van der Waals surface area contributed by atoms with Gasteiger partial charge in [0.05, 0.1) is 6.61 Å². The molecule has 1 fully saturated rings. The summed E-state index contributed by atoms with van der Waals surface area (Å²) < 4.78 is 5.60. The van der Waals surface area contributed by atoms with Crippen LogP contribution >= 0.6 is 11.6 Å². The van der Waals surface area contributed by atoms with Gasteiger partial charge >= 0.3 is 0 Å². The number of hydrogen-bond acceptors (Lipinski definition) is 2. The number of benzene rings is 1. The molecule has 0 N–H and O–H groups in total. The Hall–Kier alpha value is -1.22. The predicted octanol–water partition coefficient (Wildman–Crippen LogP) is 3.71. The number of nitrogens with zero attached hydrogens (tertiary/aromatic N) is 1. The minimum Gasteiger partial charge on any atom is -0.494 e. The standard InChI is InChI=1S/C16H22ClNO2/c1-2-3-12-20-15-8-4-13(5-9-15)16(19)18(11-10-17)14-6-7-14/h4-5,8-9,14H,2-3,6-7,10-12H2,1H3. The maximum atomic E-state index is 12.4. The van der Waals surface area contributed by atoms with E-state index in [-0.39, 0.29) is 5.91 Å². The normalized spacial score (nSPS) is 14.1. The van der Waals surface area contributed by atoms with Gasteiger partial charge in [-0.1, -0.05) is 13.3 Å². The van der Waals surface area contributed by atoms with Crippen LogP contribution in [0.25, 0.3) is 0 Å². The number of hydrogen-bond donors (Lipinski definition) is 0. The van der Waals surface area contributed by atoms with E-state index in [1.165, 1.54) is 0 Å². The maximum absolute atomic E-state index is 12.4. The van der Waals surface area contributed by atoms with Crippen LogP contribution in [-0.4, -0.2) is 35.9 Å². The highest BCUT2D eigenvalue weighted by atomic mass is 35.5. The van der Waals surface area contributed by atoms with Gasteiger partial charge in [0.2, 0.25) is 0 Å². The van der Waals surface area contributed by atoms with Crippen LogP contribution in [0, 0.1) is 0 Å². The van der Waals surface area contributed by atoms with Crippen molar-refractivity contribution in [3.8, 4) is 5.75 Å². The number of carbonyl (C=O) groups excluding carboxylic acids is 1. The average Bonchev–Trinajstić information content (AvgIpc) is 3.30. The fraction of sp³-hybridized carbons (Fsp3) is 0.562. The van der Waals surface area contributed by atoms with Crippen LogP contribution in [0.2, 0.25) is 0 Å². The van der Waals surface area contributed by atoms with Crippen molar-refractivity contribution in [2.75, 3.05) is 19.0 Å². The largest absolute Gasteiger partial charge is 0.494 e. The molecular formula is C16H22ClNO2. The van der Waals surface area contributed by atoms with Crippen LogP contribution < -0.4 is 4.74 Å². The Labute approximate surface area is 125 Å². The first-order valence-corrected chi connectivity index (χ1v) is 7.89. The van der Waals surface area contributed by atoms with Crippen molar-refractivity contribution in [2.24, 2.45) is 0 Å². The van der Waals surface area contributed by atoms with Gasteiger partial charge in [0.15, 0.2) is 0 Å². The Morgan fingerprint density at radius 2 is 2.05 bits per heavy atom. The molecule has 0 aliphatic heterocycles. The van der Waals surface area contributed by atoms with Crippen LogP contribution in [0.3, 0.4) is 0 Å². The quantitative estimate of drug-likeness (QED) is 0.540. The second-order valence-corrected chi connectivity index (χ2v) is 5.52. The van der Waals surface area contributed by atoms with Crippen molar-refractivity contribution in [3.05, 3.63) is 29.8 Å². The van der Waals surface area contributed by atoms with Gasteiger partial charge in [-0.25, -0.2) is 0 Å². The summed E-state index contributed by atoms with van der Waals surface area (Å²) in [4.78, 5) is 14.3. The van der Waals surface area contributed by atoms with Crippen molar-refractivity contribution in [1.29, 1.82) is 0 Å². The van der Waals surface area contributed by atoms with Gasteiger partial charge in [0.25, 0.3) is 5.91 Å². The zero-order chi connectivity index (χ0) is 14.4. The molecule has 110 valence electrons. The van der Waals surface area contributed by atoms with E-state index in [1.807, 2.05) is 29.2 Å². The summed E-state index contributed by atoms with van der Waals surface area (Å²) in [6.45, 7) is 3.48. The van der Waals surface area contributed by atoms with Crippen molar-refractivity contribution in [3.63, 3.8) is 0 Å². The third kappa shape index (κ3) is 4.14. The number of rotatable bonds is 8. The van der Waals surface area contributed by atoms with Gasteiger partial charge < -0.3 is 9.64 Å². The molecule has 0 aromatic heterocycles. The van der Waals surface area contributed by atoms with Gasteiger partial charge in [-0.3, -0.25) is 4.79 Å². The second-order valence-electron chi connectivity index (χ2n) is 5.15. The Kier molecular flexibility index (Phi) is 5.72. The third-order valence-electron chi connectivity index (χ3n) is 3.44. The number of halogens is 1. The molecule has 0 unspecified atom stereocenters. The summed E-state index contributed by atoms with van der Waals surface area (Å²) in [7, 11) is 0. The lowest BCUT2D eigenvalue weighted by Crippen LogP contribution is -2.34. The van der Waals surface area contributed by atoms with Gasteiger partial charge in [0, 0.05) is 24.0 Å². The smallest absolute Gasteiger partial charge is 0.254 e. The van der Waals surface area contributed by atoms with E-state index in [1.54, 1.807) is 0 Å². The van der Waals surface area contributed by atoms with Crippen LogP contribution in [-0.2, 0) is 0 Å². The van der Waals surface area contributed by atoms with E-state index in [0.717, 1.165) is 38.0 Å².